The fourth-order valence-corrected chi connectivity index (χ4v) is 11.1. The minimum atomic E-state index is 0.794. The second-order valence-electron chi connectivity index (χ2n) is 17.7. The molecule has 0 saturated carbocycles. The molecule has 14 rings (SSSR count). The molecule has 4 heterocycles. The van der Waals surface area contributed by atoms with E-state index >= 15 is 0 Å². The average Bonchev–Trinajstić information content (AvgIpc) is 4.10. The molecular weight excluding hydrogens is 801 g/mol. The second kappa shape index (κ2) is 14.5. The molecule has 0 radical (unpaired) electrons. The van der Waals surface area contributed by atoms with Crippen molar-refractivity contribution in [1.82, 2.24) is 18.3 Å². The first-order chi connectivity index (χ1) is 32.7. The molecule has 0 N–H and O–H groups in total. The standard InChI is InChI=1S/C62H42N4/c1-7-22-55-47(16-1)48-17-2-8-23-56(48)63(55)39-41-28-30-42(31-29-41)40-64-57-24-9-3-20-51(57)53-36-43(32-34-58(53)64)44-33-35-62-54(37-44)52-21-6-12-27-61(52)66(62)46-15-13-14-45(38-46)65-59-25-10-4-18-49(59)50-19-5-11-26-60(50)65/h1-38H,39-40H2. The molecule has 0 amide bonds. The molecule has 4 heteroatoms. The van der Waals surface area contributed by atoms with Crippen molar-refractivity contribution in [2.75, 3.05) is 0 Å². The first-order valence-electron chi connectivity index (χ1n) is 22.9. The lowest BCUT2D eigenvalue weighted by molar-refractivity contribution is 0.852. The van der Waals surface area contributed by atoms with E-state index in [9.17, 15) is 0 Å². The predicted molar refractivity (Wildman–Crippen MR) is 278 cm³/mol. The molecule has 14 aromatic rings. The summed E-state index contributed by atoms with van der Waals surface area (Å²) in [5, 5.41) is 10.2. The van der Waals surface area contributed by atoms with Gasteiger partial charge in [0.25, 0.3) is 0 Å². The van der Waals surface area contributed by atoms with Crippen LogP contribution in [-0.4, -0.2) is 18.3 Å². The van der Waals surface area contributed by atoms with Crippen molar-refractivity contribution in [3.8, 4) is 22.5 Å². The number of hydrogen-bond donors (Lipinski definition) is 0. The quantitative estimate of drug-likeness (QED) is 0.152. The minimum absolute atomic E-state index is 0.794. The maximum atomic E-state index is 2.49. The Balaban J connectivity index is 0.822. The van der Waals surface area contributed by atoms with E-state index in [1.165, 1.54) is 109 Å². The van der Waals surface area contributed by atoms with Crippen LogP contribution in [0.3, 0.4) is 0 Å². The van der Waals surface area contributed by atoms with E-state index in [1.54, 1.807) is 0 Å². The van der Waals surface area contributed by atoms with Gasteiger partial charge in [-0.05, 0) is 101 Å². The van der Waals surface area contributed by atoms with Gasteiger partial charge >= 0.3 is 0 Å². The molecule has 0 aliphatic rings. The zero-order valence-corrected chi connectivity index (χ0v) is 36.1. The van der Waals surface area contributed by atoms with Gasteiger partial charge in [0, 0.05) is 89.6 Å². The van der Waals surface area contributed by atoms with E-state index in [0.29, 0.717) is 0 Å². The normalized spacial score (nSPS) is 12.1. The van der Waals surface area contributed by atoms with Gasteiger partial charge in [-0.15, -0.1) is 0 Å². The summed E-state index contributed by atoms with van der Waals surface area (Å²) in [4.78, 5) is 0. The fourth-order valence-electron chi connectivity index (χ4n) is 11.1. The highest BCUT2D eigenvalue weighted by atomic mass is 15.0. The summed E-state index contributed by atoms with van der Waals surface area (Å²) in [6.45, 7) is 1.62. The molecule has 10 aromatic carbocycles. The van der Waals surface area contributed by atoms with Crippen molar-refractivity contribution in [3.05, 3.63) is 242 Å². The highest BCUT2D eigenvalue weighted by molar-refractivity contribution is 6.13. The van der Waals surface area contributed by atoms with Crippen LogP contribution in [0.2, 0.25) is 0 Å². The van der Waals surface area contributed by atoms with Gasteiger partial charge in [-0.3, -0.25) is 0 Å². The Morgan fingerprint density at radius 3 is 0.970 bits per heavy atom. The van der Waals surface area contributed by atoms with Crippen molar-refractivity contribution in [2.24, 2.45) is 0 Å². The lowest BCUT2D eigenvalue weighted by Crippen LogP contribution is -2.02. The van der Waals surface area contributed by atoms with Crippen LogP contribution >= 0.6 is 0 Å². The summed E-state index contributed by atoms with van der Waals surface area (Å²) >= 11 is 0. The van der Waals surface area contributed by atoms with Crippen molar-refractivity contribution >= 4 is 87.2 Å². The largest absolute Gasteiger partial charge is 0.336 e. The third kappa shape index (κ3) is 5.58. The molecule has 0 fully saturated rings. The Hall–Kier alpha value is -8.60. The molecule has 0 aliphatic carbocycles. The number of rotatable bonds is 7. The number of benzene rings is 10. The molecular formula is C62H42N4. The Morgan fingerprint density at radius 1 is 0.227 bits per heavy atom. The topological polar surface area (TPSA) is 19.7 Å². The fraction of sp³-hybridized carbons (Fsp3) is 0.0323. The summed E-state index contributed by atoms with van der Waals surface area (Å²) in [7, 11) is 0. The van der Waals surface area contributed by atoms with Crippen molar-refractivity contribution in [1.29, 1.82) is 0 Å². The number of fused-ring (bicyclic) bond motifs is 12. The van der Waals surface area contributed by atoms with Crippen LogP contribution in [0.4, 0.5) is 0 Å². The molecule has 0 saturated heterocycles. The zero-order chi connectivity index (χ0) is 43.3. The molecule has 310 valence electrons. The summed E-state index contributed by atoms with van der Waals surface area (Å²) in [6, 6.07) is 84.9. The molecule has 66 heavy (non-hydrogen) atoms. The molecule has 0 atom stereocenters. The summed E-state index contributed by atoms with van der Waals surface area (Å²) < 4.78 is 9.77. The number of hydrogen-bond acceptors (Lipinski definition) is 0. The van der Waals surface area contributed by atoms with Crippen molar-refractivity contribution < 1.29 is 0 Å². The van der Waals surface area contributed by atoms with Crippen LogP contribution in [0, 0.1) is 0 Å². The lowest BCUT2D eigenvalue weighted by Gasteiger charge is -2.13. The molecule has 0 unspecified atom stereocenters. The smallest absolute Gasteiger partial charge is 0.0541 e. The predicted octanol–water partition coefficient (Wildman–Crippen LogP) is 15.9. The maximum absolute atomic E-state index is 2.49. The van der Waals surface area contributed by atoms with Gasteiger partial charge in [0.15, 0.2) is 0 Å². The number of para-hydroxylation sites is 6. The lowest BCUT2D eigenvalue weighted by atomic mass is 10.0. The zero-order valence-electron chi connectivity index (χ0n) is 36.1. The molecule has 4 nitrogen and oxygen atoms in total. The van der Waals surface area contributed by atoms with Gasteiger partial charge in [-0.1, -0.05) is 152 Å². The van der Waals surface area contributed by atoms with Crippen LogP contribution in [0.5, 0.6) is 0 Å². The monoisotopic (exact) mass is 842 g/mol. The van der Waals surface area contributed by atoms with Crippen LogP contribution < -0.4 is 0 Å². The van der Waals surface area contributed by atoms with E-state index in [0.717, 1.165) is 24.5 Å². The summed E-state index contributed by atoms with van der Waals surface area (Å²) in [5.74, 6) is 0. The second-order valence-corrected chi connectivity index (χ2v) is 17.7. The van der Waals surface area contributed by atoms with Gasteiger partial charge in [-0.25, -0.2) is 0 Å². The van der Waals surface area contributed by atoms with Gasteiger partial charge in [0.05, 0.1) is 22.1 Å². The van der Waals surface area contributed by atoms with E-state index in [4.69, 9.17) is 0 Å². The molecule has 0 aliphatic heterocycles. The van der Waals surface area contributed by atoms with E-state index in [1.807, 2.05) is 0 Å². The maximum Gasteiger partial charge on any atom is 0.0541 e. The van der Waals surface area contributed by atoms with Crippen molar-refractivity contribution in [2.45, 2.75) is 13.1 Å². The highest BCUT2D eigenvalue weighted by Gasteiger charge is 2.18. The molecule has 0 bridgehead atoms. The van der Waals surface area contributed by atoms with Crippen LogP contribution in [0.15, 0.2) is 231 Å². The van der Waals surface area contributed by atoms with E-state index in [2.05, 4.69) is 249 Å². The first kappa shape index (κ1) is 36.8. The number of nitrogens with zero attached hydrogens (tertiary/aromatic N) is 4. The van der Waals surface area contributed by atoms with Crippen LogP contribution in [0.25, 0.3) is 110 Å². The Morgan fingerprint density at radius 2 is 0.530 bits per heavy atom. The van der Waals surface area contributed by atoms with Gasteiger partial charge < -0.3 is 18.3 Å². The third-order valence-corrected chi connectivity index (χ3v) is 14.1. The SMILES string of the molecule is c1cc(-n2c3ccccc3c3ccccc32)cc(-n2c3ccccc3c3cc(-c4ccc5c(c4)c4ccccc4n5Cc4ccc(Cn5c6ccccc6c6ccccc65)cc4)ccc32)c1. The van der Waals surface area contributed by atoms with Crippen molar-refractivity contribution in [3.63, 3.8) is 0 Å². The highest BCUT2D eigenvalue weighted by Crippen LogP contribution is 2.39. The van der Waals surface area contributed by atoms with E-state index in [-0.39, 0.29) is 0 Å². The molecule has 0 spiro atoms. The summed E-state index contributed by atoms with van der Waals surface area (Å²) in [5.41, 5.74) is 17.2. The Bertz CT molecular complexity index is 4120. The summed E-state index contributed by atoms with van der Waals surface area (Å²) in [6.07, 6.45) is 0. The average molecular weight is 843 g/mol. The van der Waals surface area contributed by atoms with Gasteiger partial charge in [0.2, 0.25) is 0 Å². The van der Waals surface area contributed by atoms with Crippen LogP contribution in [-0.2, 0) is 13.1 Å². The number of aromatic nitrogens is 4. The minimum Gasteiger partial charge on any atom is -0.336 e. The third-order valence-electron chi connectivity index (χ3n) is 14.1. The first-order valence-corrected chi connectivity index (χ1v) is 22.9. The Kier molecular flexibility index (Phi) is 8.07. The van der Waals surface area contributed by atoms with E-state index < -0.39 is 0 Å². The van der Waals surface area contributed by atoms with Gasteiger partial charge in [0.1, 0.15) is 0 Å². The Labute approximate surface area is 381 Å². The van der Waals surface area contributed by atoms with Crippen LogP contribution in [0.1, 0.15) is 11.1 Å². The molecule has 4 aromatic heterocycles. The van der Waals surface area contributed by atoms with Gasteiger partial charge in [-0.2, -0.15) is 0 Å².